The molecule has 0 amide bonds. The Labute approximate surface area is 86.2 Å². The largest absolute Gasteiger partial charge is 0.489 e. The van der Waals surface area contributed by atoms with Gasteiger partial charge in [-0.3, -0.25) is 0 Å². The van der Waals surface area contributed by atoms with E-state index < -0.39 is 0 Å². The molecule has 0 saturated carbocycles. The second-order valence-corrected chi connectivity index (χ2v) is 2.25. The van der Waals surface area contributed by atoms with Crippen molar-refractivity contribution in [2.45, 2.75) is 0 Å². The summed E-state index contributed by atoms with van der Waals surface area (Å²) in [5.41, 5.74) is 1.17. The number of hydrogen-bond acceptors (Lipinski definition) is 1. The molecule has 54 valence electrons. The number of rotatable bonds is 0. The van der Waals surface area contributed by atoms with E-state index in [1.165, 1.54) is 5.56 Å². The van der Waals surface area contributed by atoms with Gasteiger partial charge in [0.25, 0.3) is 0 Å². The molecule has 0 atom stereocenters. The van der Waals surface area contributed by atoms with E-state index in [4.69, 9.17) is 4.74 Å². The first kappa shape index (κ1) is 8.78. The van der Waals surface area contributed by atoms with E-state index in [0.717, 1.165) is 5.75 Å². The van der Waals surface area contributed by atoms with Crippen LogP contribution in [0.1, 0.15) is 5.56 Å². The molecule has 0 fully saturated rings. The average Bonchev–Trinajstić information content (AvgIpc) is 2.05. The van der Waals surface area contributed by atoms with Crippen LogP contribution in [0.4, 0.5) is 0 Å². The van der Waals surface area contributed by atoms with Gasteiger partial charge in [0.1, 0.15) is 12.4 Å². The molecule has 0 aliphatic carbocycles. The van der Waals surface area contributed by atoms with E-state index >= 15 is 0 Å². The maximum atomic E-state index is 5.34. The van der Waals surface area contributed by atoms with Gasteiger partial charge >= 0.3 is 0 Å². The Morgan fingerprint density at radius 3 is 2.82 bits per heavy atom. The summed E-state index contributed by atoms with van der Waals surface area (Å²) >= 11 is 0. The molecule has 11 heavy (non-hydrogen) atoms. The van der Waals surface area contributed by atoms with Gasteiger partial charge in [-0.1, -0.05) is 24.3 Å². The zero-order chi connectivity index (χ0) is 6.81. The first-order valence-corrected chi connectivity index (χ1v) is 3.35. The Kier molecular flexibility index (Phi) is 3.11. The van der Waals surface area contributed by atoms with Crippen LogP contribution in [0, 0.1) is 0 Å². The molecule has 4 radical (unpaired) electrons. The van der Waals surface area contributed by atoms with Crippen LogP contribution in [0.5, 0.6) is 5.75 Å². The fourth-order valence-electron chi connectivity index (χ4n) is 1.06. The van der Waals surface area contributed by atoms with E-state index in [0.29, 0.717) is 6.61 Å². The van der Waals surface area contributed by atoms with Gasteiger partial charge in [0.15, 0.2) is 0 Å². The molecule has 1 aliphatic heterocycles. The zero-order valence-electron chi connectivity index (χ0n) is 6.08. The Bertz CT molecular complexity index is 268. The van der Waals surface area contributed by atoms with E-state index in [-0.39, 0.29) is 27.3 Å². The first-order valence-electron chi connectivity index (χ1n) is 3.35. The third-order valence-electron chi connectivity index (χ3n) is 1.55. The summed E-state index contributed by atoms with van der Waals surface area (Å²) in [7, 11) is 0. The molecule has 1 heterocycles. The number of benzene rings is 1. The van der Waals surface area contributed by atoms with Crippen LogP contribution < -0.4 is 4.74 Å². The molecule has 0 unspecified atom stereocenters. The van der Waals surface area contributed by atoms with Gasteiger partial charge in [-0.25, -0.2) is 0 Å². The maximum absolute atomic E-state index is 5.34. The molecule has 0 aromatic heterocycles. The maximum Gasteiger partial charge on any atom is 0.126 e. The Morgan fingerprint density at radius 1 is 1.18 bits per heavy atom. The molecule has 1 aromatic carbocycles. The molecular formula is C9H8OPb. The van der Waals surface area contributed by atoms with Crippen molar-refractivity contribution < 1.29 is 4.74 Å². The normalized spacial score (nSPS) is 12.7. The van der Waals surface area contributed by atoms with Gasteiger partial charge < -0.3 is 4.74 Å². The van der Waals surface area contributed by atoms with Crippen molar-refractivity contribution in [1.82, 2.24) is 0 Å². The second kappa shape index (κ2) is 3.90. The van der Waals surface area contributed by atoms with E-state index in [9.17, 15) is 0 Å². The van der Waals surface area contributed by atoms with Crippen molar-refractivity contribution in [3.63, 3.8) is 0 Å². The van der Waals surface area contributed by atoms with Crippen molar-refractivity contribution in [1.29, 1.82) is 0 Å². The predicted octanol–water partition coefficient (Wildman–Crippen LogP) is 1.71. The molecule has 0 N–H and O–H groups in total. The van der Waals surface area contributed by atoms with Crippen molar-refractivity contribution in [2.24, 2.45) is 0 Å². The summed E-state index contributed by atoms with van der Waals surface area (Å²) < 4.78 is 5.34. The molecular weight excluding hydrogens is 331 g/mol. The third-order valence-corrected chi connectivity index (χ3v) is 1.55. The van der Waals surface area contributed by atoms with Gasteiger partial charge in [-0.2, -0.15) is 0 Å². The minimum absolute atomic E-state index is 0. The van der Waals surface area contributed by atoms with Gasteiger partial charge in [-0.15, -0.1) is 0 Å². The zero-order valence-corrected chi connectivity index (χ0v) is 9.97. The van der Waals surface area contributed by atoms with Gasteiger partial charge in [0.05, 0.1) is 0 Å². The Balaban J connectivity index is 0.000000605. The summed E-state index contributed by atoms with van der Waals surface area (Å²) in [4.78, 5) is 0. The average molecular weight is 339 g/mol. The standard InChI is InChI=1S/C9H8O.Pb/c1-2-6-9-8(4-1)5-3-7-10-9;/h1-6H,7H2;. The molecule has 1 aliphatic rings. The van der Waals surface area contributed by atoms with E-state index in [1.807, 2.05) is 30.3 Å². The summed E-state index contributed by atoms with van der Waals surface area (Å²) in [6.07, 6.45) is 4.10. The number of hydrogen-bond donors (Lipinski definition) is 0. The fourth-order valence-corrected chi connectivity index (χ4v) is 1.06. The summed E-state index contributed by atoms with van der Waals surface area (Å²) in [6.45, 7) is 0.705. The quantitative estimate of drug-likeness (QED) is 0.654. The minimum Gasteiger partial charge on any atom is -0.489 e. The molecule has 1 nitrogen and oxygen atoms in total. The molecule has 0 spiro atoms. The number of ether oxygens (including phenoxy) is 1. The van der Waals surface area contributed by atoms with E-state index in [1.54, 1.807) is 0 Å². The smallest absolute Gasteiger partial charge is 0.126 e. The third kappa shape index (κ3) is 1.83. The SMILES string of the molecule is C1=Cc2ccccc2OC1.[Pb]. The van der Waals surface area contributed by atoms with Gasteiger partial charge in [0, 0.05) is 32.9 Å². The van der Waals surface area contributed by atoms with Crippen LogP contribution in [-0.4, -0.2) is 33.9 Å². The van der Waals surface area contributed by atoms with Crippen molar-refractivity contribution in [3.8, 4) is 5.75 Å². The predicted molar refractivity (Wildman–Crippen MR) is 46.7 cm³/mol. The Morgan fingerprint density at radius 2 is 2.00 bits per heavy atom. The number of fused-ring (bicyclic) bond motifs is 1. The van der Waals surface area contributed by atoms with Crippen LogP contribution in [0.15, 0.2) is 30.3 Å². The minimum atomic E-state index is 0. The van der Waals surface area contributed by atoms with Crippen LogP contribution in [0.2, 0.25) is 0 Å². The van der Waals surface area contributed by atoms with Crippen molar-refractivity contribution in [3.05, 3.63) is 35.9 Å². The van der Waals surface area contributed by atoms with Crippen molar-refractivity contribution in [2.75, 3.05) is 6.61 Å². The number of para-hydroxylation sites is 1. The van der Waals surface area contributed by atoms with Gasteiger partial charge in [-0.05, 0) is 12.1 Å². The summed E-state index contributed by atoms with van der Waals surface area (Å²) in [5, 5.41) is 0. The molecule has 0 saturated heterocycles. The molecule has 2 heteroatoms. The van der Waals surface area contributed by atoms with Crippen molar-refractivity contribution >= 4 is 33.4 Å². The first-order chi connectivity index (χ1) is 4.97. The summed E-state index contributed by atoms with van der Waals surface area (Å²) in [5.74, 6) is 0.991. The van der Waals surface area contributed by atoms with Crippen LogP contribution in [0.3, 0.4) is 0 Å². The van der Waals surface area contributed by atoms with Gasteiger partial charge in [0.2, 0.25) is 0 Å². The van der Waals surface area contributed by atoms with Crippen LogP contribution in [-0.2, 0) is 0 Å². The van der Waals surface area contributed by atoms with Crippen LogP contribution >= 0.6 is 0 Å². The summed E-state index contributed by atoms with van der Waals surface area (Å²) in [6, 6.07) is 8.03. The monoisotopic (exact) mass is 340 g/mol. The second-order valence-electron chi connectivity index (χ2n) is 2.25. The molecule has 1 aromatic rings. The Hall–Kier alpha value is -0.318. The molecule has 0 bridgehead atoms. The molecule has 2 rings (SSSR count). The topological polar surface area (TPSA) is 9.23 Å². The van der Waals surface area contributed by atoms with E-state index in [2.05, 4.69) is 6.08 Å². The fraction of sp³-hybridized carbons (Fsp3) is 0.111. The van der Waals surface area contributed by atoms with Crippen LogP contribution in [0.25, 0.3) is 6.08 Å².